The Morgan fingerprint density at radius 1 is 1.33 bits per heavy atom. The maximum Gasteiger partial charge on any atom is 0.0624 e. The van der Waals surface area contributed by atoms with Gasteiger partial charge < -0.3 is 0 Å². The maximum absolute atomic E-state index is 2.24. The van der Waals surface area contributed by atoms with Gasteiger partial charge in [-0.2, -0.15) is 0 Å². The Bertz CT molecular complexity index is 23.1. The van der Waals surface area contributed by atoms with E-state index < -0.39 is 0 Å². The summed E-state index contributed by atoms with van der Waals surface area (Å²) in [6.45, 7) is 4.47. The molecule has 0 aromatic carbocycles. The number of hydrogen-bond donors (Lipinski definition) is 0. The monoisotopic (exact) mass is 105 g/mol. The second-order valence-electron chi connectivity index (χ2n) is 1.68. The lowest BCUT2D eigenvalue weighted by molar-refractivity contribution is 0.793. The van der Waals surface area contributed by atoms with Crippen LogP contribution in [0.15, 0.2) is 0 Å². The van der Waals surface area contributed by atoms with Crippen molar-refractivity contribution in [3.8, 4) is 0 Å². The van der Waals surface area contributed by atoms with E-state index in [0.29, 0.717) is 0 Å². The molecule has 0 aliphatic heterocycles. The van der Waals surface area contributed by atoms with Crippen LogP contribution in [0.4, 0.5) is 0 Å². The van der Waals surface area contributed by atoms with Gasteiger partial charge in [-0.3, -0.25) is 0 Å². The van der Waals surface area contributed by atoms with Crippen LogP contribution in [0.3, 0.4) is 0 Å². The lowest BCUT2D eigenvalue weighted by atomic mass is 10.3. The zero-order valence-electron chi connectivity index (χ0n) is 4.70. The average molecular weight is 105 g/mol. The molecule has 0 aliphatic carbocycles. The Labute approximate surface area is 42.5 Å². The van der Waals surface area contributed by atoms with E-state index >= 15 is 0 Å². The minimum Gasteiger partial charge on any atom is -0.0617 e. The Morgan fingerprint density at radius 2 is 1.67 bits per heavy atom. The molecule has 0 saturated heterocycles. The van der Waals surface area contributed by atoms with Gasteiger partial charge in [0.25, 0.3) is 0 Å². The lowest BCUT2D eigenvalue weighted by Gasteiger charge is -1.92. The van der Waals surface area contributed by atoms with Crippen LogP contribution in [0.1, 0.15) is 26.7 Å². The lowest BCUT2D eigenvalue weighted by Crippen LogP contribution is -1.88. The van der Waals surface area contributed by atoms with Crippen LogP contribution in [0.25, 0.3) is 0 Å². The molecule has 0 nitrogen and oxygen atoms in total. The quantitative estimate of drug-likeness (QED) is 0.469. The molecule has 0 bridgehead atoms. The molecule has 0 saturated carbocycles. The molecular weight excluding hydrogens is 91.0 g/mol. The highest BCUT2D eigenvalue weighted by Crippen LogP contribution is 2.06. The summed E-state index contributed by atoms with van der Waals surface area (Å²) in [4.78, 5) is 0. The van der Waals surface area contributed by atoms with Gasteiger partial charge in [0.15, 0.2) is 0 Å². The van der Waals surface area contributed by atoms with Gasteiger partial charge in [-0.25, -0.2) is 0 Å². The average Bonchev–Trinajstić information content (AvgIpc) is 1.65. The summed E-state index contributed by atoms with van der Waals surface area (Å²) < 4.78 is 0. The van der Waals surface area contributed by atoms with E-state index in [9.17, 15) is 0 Å². The third-order valence-electron chi connectivity index (χ3n) is 1.15. The Morgan fingerprint density at radius 3 is 1.67 bits per heavy atom. The van der Waals surface area contributed by atoms with Crippen LogP contribution >= 0.6 is 9.24 Å². The van der Waals surface area contributed by atoms with Gasteiger partial charge in [0.1, 0.15) is 0 Å². The summed E-state index contributed by atoms with van der Waals surface area (Å²) in [5.74, 6) is 0. The number of rotatable bonds is 2. The van der Waals surface area contributed by atoms with Crippen molar-refractivity contribution in [2.24, 2.45) is 0 Å². The van der Waals surface area contributed by atoms with E-state index in [1.54, 1.807) is 0 Å². The SMILES string of the molecule is CCC([PH3+])CC. The first-order chi connectivity index (χ1) is 2.81. The predicted molar refractivity (Wildman–Crippen MR) is 35.5 cm³/mol. The van der Waals surface area contributed by atoms with Gasteiger partial charge >= 0.3 is 0 Å². The van der Waals surface area contributed by atoms with Crippen molar-refractivity contribution in [3.63, 3.8) is 0 Å². The van der Waals surface area contributed by atoms with E-state index in [0.717, 1.165) is 5.66 Å². The van der Waals surface area contributed by atoms with Gasteiger partial charge in [0.2, 0.25) is 0 Å². The van der Waals surface area contributed by atoms with Crippen molar-refractivity contribution < 1.29 is 0 Å². The molecule has 0 radical (unpaired) electrons. The summed E-state index contributed by atoms with van der Waals surface area (Å²) in [5.41, 5.74) is 0.963. The molecule has 1 unspecified atom stereocenters. The fourth-order valence-electron chi connectivity index (χ4n) is 0.289. The van der Waals surface area contributed by atoms with Crippen LogP contribution in [-0.2, 0) is 0 Å². The molecule has 0 aliphatic rings. The summed E-state index contributed by atoms with van der Waals surface area (Å²) in [5, 5.41) is 0. The van der Waals surface area contributed by atoms with Gasteiger partial charge in [-0.05, 0) is 22.1 Å². The van der Waals surface area contributed by atoms with Gasteiger partial charge in [-0.15, -0.1) is 0 Å². The minimum atomic E-state index is 0.963. The van der Waals surface area contributed by atoms with Crippen molar-refractivity contribution in [1.29, 1.82) is 0 Å². The molecule has 0 aromatic rings. The van der Waals surface area contributed by atoms with Crippen LogP contribution in [-0.4, -0.2) is 5.66 Å². The van der Waals surface area contributed by atoms with E-state index in [1.165, 1.54) is 12.8 Å². The third-order valence-corrected chi connectivity index (χ3v) is 2.31. The second kappa shape index (κ2) is 3.61. The molecule has 0 spiro atoms. The molecule has 0 N–H and O–H groups in total. The fraction of sp³-hybridized carbons (Fsp3) is 1.00. The summed E-state index contributed by atoms with van der Waals surface area (Å²) in [7, 11) is 2.10. The fourth-order valence-corrected chi connectivity index (χ4v) is 0.289. The molecule has 0 amide bonds. The maximum atomic E-state index is 2.24. The van der Waals surface area contributed by atoms with Crippen molar-refractivity contribution in [1.82, 2.24) is 0 Å². The number of hydrogen-bond acceptors (Lipinski definition) is 0. The third kappa shape index (κ3) is 2.66. The molecular formula is C5H14P+. The zero-order valence-corrected chi connectivity index (χ0v) is 6.11. The van der Waals surface area contributed by atoms with Crippen molar-refractivity contribution in [3.05, 3.63) is 0 Å². The predicted octanol–water partition coefficient (Wildman–Crippen LogP) is 1.78. The highest BCUT2D eigenvalue weighted by Gasteiger charge is 1.94. The zero-order chi connectivity index (χ0) is 4.99. The molecule has 38 valence electrons. The standard InChI is InChI=1S/C5H13P/c1-3-5(6)4-2/h5H,3-4,6H2,1-2H3/p+1. The Kier molecular flexibility index (Phi) is 3.87. The van der Waals surface area contributed by atoms with Crippen LogP contribution in [0.2, 0.25) is 0 Å². The van der Waals surface area contributed by atoms with Gasteiger partial charge in [0.05, 0.1) is 5.66 Å². The first-order valence-electron chi connectivity index (χ1n) is 2.64. The first-order valence-corrected chi connectivity index (χ1v) is 3.46. The van der Waals surface area contributed by atoms with Crippen molar-refractivity contribution in [2.75, 3.05) is 0 Å². The first kappa shape index (κ1) is 6.43. The van der Waals surface area contributed by atoms with Crippen molar-refractivity contribution >= 4 is 9.24 Å². The van der Waals surface area contributed by atoms with E-state index in [1.807, 2.05) is 0 Å². The molecule has 0 aromatic heterocycles. The van der Waals surface area contributed by atoms with Crippen LogP contribution in [0, 0.1) is 0 Å². The molecule has 1 heteroatoms. The molecule has 0 fully saturated rings. The second-order valence-corrected chi connectivity index (χ2v) is 2.84. The Balaban J connectivity index is 2.75. The highest BCUT2D eigenvalue weighted by atomic mass is 31.0. The Hall–Kier alpha value is 0.430. The van der Waals surface area contributed by atoms with Gasteiger partial charge in [-0.1, -0.05) is 13.8 Å². The van der Waals surface area contributed by atoms with Crippen LogP contribution < -0.4 is 0 Å². The minimum absolute atomic E-state index is 0.963. The van der Waals surface area contributed by atoms with Crippen molar-refractivity contribution in [2.45, 2.75) is 32.3 Å². The van der Waals surface area contributed by atoms with E-state index in [-0.39, 0.29) is 0 Å². The highest BCUT2D eigenvalue weighted by molar-refractivity contribution is 7.17. The smallest absolute Gasteiger partial charge is 0.0617 e. The summed E-state index contributed by atoms with van der Waals surface area (Å²) in [6.07, 6.45) is 2.68. The topological polar surface area (TPSA) is 0 Å². The molecule has 6 heavy (non-hydrogen) atoms. The van der Waals surface area contributed by atoms with Crippen LogP contribution in [0.5, 0.6) is 0 Å². The normalized spacial score (nSPS) is 10.5. The van der Waals surface area contributed by atoms with Gasteiger partial charge in [0, 0.05) is 0 Å². The summed E-state index contributed by atoms with van der Waals surface area (Å²) >= 11 is 0. The van der Waals surface area contributed by atoms with E-state index in [4.69, 9.17) is 0 Å². The molecule has 0 rings (SSSR count). The molecule has 1 atom stereocenters. The largest absolute Gasteiger partial charge is 0.0624 e. The summed E-state index contributed by atoms with van der Waals surface area (Å²) in [6, 6.07) is 0. The van der Waals surface area contributed by atoms with E-state index in [2.05, 4.69) is 23.1 Å². The molecule has 0 heterocycles.